The van der Waals surface area contributed by atoms with Crippen molar-refractivity contribution in [1.82, 2.24) is 4.90 Å². The van der Waals surface area contributed by atoms with Gasteiger partial charge in [0.15, 0.2) is 0 Å². The van der Waals surface area contributed by atoms with Crippen LogP contribution in [-0.2, 0) is 9.53 Å². The van der Waals surface area contributed by atoms with Crippen LogP contribution in [0.2, 0.25) is 0 Å². The summed E-state index contributed by atoms with van der Waals surface area (Å²) in [5.41, 5.74) is 0. The molecule has 0 aromatic heterocycles. The van der Waals surface area contributed by atoms with Gasteiger partial charge in [0.2, 0.25) is 0 Å². The van der Waals surface area contributed by atoms with Crippen LogP contribution in [0.1, 0.15) is 26.2 Å². The molecule has 0 aliphatic carbocycles. The minimum Gasteiger partial charge on any atom is -0.480 e. The maximum Gasteiger partial charge on any atom is 0.321 e. The van der Waals surface area contributed by atoms with Crippen molar-refractivity contribution in [3.05, 3.63) is 0 Å². The maximum absolute atomic E-state index is 11.2. The molecule has 4 nitrogen and oxygen atoms in total. The first kappa shape index (κ1) is 12.5. The lowest BCUT2D eigenvalue weighted by Crippen LogP contribution is -2.48. The average Bonchev–Trinajstić information content (AvgIpc) is 2.19. The summed E-state index contributed by atoms with van der Waals surface area (Å²) in [6.07, 6.45) is 3.45. The maximum atomic E-state index is 11.2. The van der Waals surface area contributed by atoms with Crippen molar-refractivity contribution in [3.63, 3.8) is 0 Å². The van der Waals surface area contributed by atoms with Gasteiger partial charge in [0, 0.05) is 13.0 Å². The third-order valence-electron chi connectivity index (χ3n) is 3.01. The Balaban J connectivity index is 2.58. The van der Waals surface area contributed by atoms with Gasteiger partial charge in [-0.15, -0.1) is 0 Å². The Morgan fingerprint density at radius 1 is 1.40 bits per heavy atom. The molecule has 1 fully saturated rings. The van der Waals surface area contributed by atoms with E-state index in [1.54, 1.807) is 7.11 Å². The zero-order chi connectivity index (χ0) is 11.3. The summed E-state index contributed by atoms with van der Waals surface area (Å²) in [6, 6.07) is -0.384. The molecule has 1 aliphatic rings. The number of nitrogens with zero attached hydrogens (tertiary/aromatic N) is 1. The molecule has 15 heavy (non-hydrogen) atoms. The van der Waals surface area contributed by atoms with Crippen LogP contribution >= 0.6 is 0 Å². The topological polar surface area (TPSA) is 49.8 Å². The highest BCUT2D eigenvalue weighted by atomic mass is 16.5. The molecule has 0 radical (unpaired) electrons. The average molecular weight is 215 g/mol. The monoisotopic (exact) mass is 215 g/mol. The van der Waals surface area contributed by atoms with E-state index in [0.717, 1.165) is 25.9 Å². The third-order valence-corrected chi connectivity index (χ3v) is 3.01. The lowest BCUT2D eigenvalue weighted by Gasteiger charge is -2.35. The van der Waals surface area contributed by atoms with Gasteiger partial charge in [-0.05, 0) is 25.9 Å². The van der Waals surface area contributed by atoms with E-state index in [1.165, 1.54) is 6.42 Å². The minimum absolute atomic E-state index is 0.0469. The first-order valence-electron chi connectivity index (χ1n) is 5.62. The van der Waals surface area contributed by atoms with Gasteiger partial charge in [-0.2, -0.15) is 0 Å². The van der Waals surface area contributed by atoms with Crippen molar-refractivity contribution < 1.29 is 14.6 Å². The van der Waals surface area contributed by atoms with Crippen LogP contribution in [0.5, 0.6) is 0 Å². The van der Waals surface area contributed by atoms with Gasteiger partial charge >= 0.3 is 5.97 Å². The predicted octanol–water partition coefficient (Wildman–Crippen LogP) is 1.21. The number of aliphatic carboxylic acids is 1. The molecule has 0 aromatic rings. The van der Waals surface area contributed by atoms with E-state index in [9.17, 15) is 9.90 Å². The molecular formula is C11H21NO3. The van der Waals surface area contributed by atoms with E-state index in [2.05, 4.69) is 4.90 Å². The Bertz CT molecular complexity index is 202. The molecule has 1 saturated heterocycles. The SMILES string of the molecule is COCC(C)C(C(=O)O)N1CCCCC1. The van der Waals surface area contributed by atoms with Crippen molar-refractivity contribution in [2.75, 3.05) is 26.8 Å². The lowest BCUT2D eigenvalue weighted by atomic mass is 9.98. The van der Waals surface area contributed by atoms with Gasteiger partial charge < -0.3 is 9.84 Å². The number of ether oxygens (including phenoxy) is 1. The number of hydrogen-bond acceptors (Lipinski definition) is 3. The van der Waals surface area contributed by atoms with Crippen LogP contribution in [0.4, 0.5) is 0 Å². The molecule has 0 saturated carbocycles. The number of hydrogen-bond donors (Lipinski definition) is 1. The second kappa shape index (κ2) is 6.08. The normalized spacial score (nSPS) is 22.3. The highest BCUT2D eigenvalue weighted by Gasteiger charge is 2.31. The van der Waals surface area contributed by atoms with Gasteiger partial charge in [-0.3, -0.25) is 9.69 Å². The van der Waals surface area contributed by atoms with Crippen molar-refractivity contribution in [2.45, 2.75) is 32.2 Å². The van der Waals surface area contributed by atoms with Crippen LogP contribution in [0.25, 0.3) is 0 Å². The van der Waals surface area contributed by atoms with Gasteiger partial charge in [0.05, 0.1) is 6.61 Å². The second-order valence-corrected chi connectivity index (χ2v) is 4.31. The van der Waals surface area contributed by atoms with E-state index in [1.807, 2.05) is 6.92 Å². The number of likely N-dealkylation sites (tertiary alicyclic amines) is 1. The molecule has 1 aliphatic heterocycles. The van der Waals surface area contributed by atoms with Gasteiger partial charge in [0.1, 0.15) is 6.04 Å². The summed E-state index contributed by atoms with van der Waals surface area (Å²) < 4.78 is 5.04. The van der Waals surface area contributed by atoms with Crippen LogP contribution < -0.4 is 0 Å². The summed E-state index contributed by atoms with van der Waals surface area (Å²) in [6.45, 7) is 4.26. The highest BCUT2D eigenvalue weighted by Crippen LogP contribution is 2.18. The standard InChI is InChI=1S/C11H21NO3/c1-9(8-15-2)10(11(13)14)12-6-4-3-5-7-12/h9-10H,3-8H2,1-2H3,(H,13,14). The van der Waals surface area contributed by atoms with Crippen molar-refractivity contribution in [1.29, 1.82) is 0 Å². The lowest BCUT2D eigenvalue weighted by molar-refractivity contribution is -0.146. The van der Waals surface area contributed by atoms with Crippen LogP contribution in [0.3, 0.4) is 0 Å². The molecule has 1 heterocycles. The molecule has 0 bridgehead atoms. The van der Waals surface area contributed by atoms with Crippen molar-refractivity contribution in [3.8, 4) is 0 Å². The molecule has 1 N–H and O–H groups in total. The van der Waals surface area contributed by atoms with E-state index >= 15 is 0 Å². The van der Waals surface area contributed by atoms with Crippen molar-refractivity contribution >= 4 is 5.97 Å². The first-order chi connectivity index (χ1) is 7.16. The van der Waals surface area contributed by atoms with Gasteiger partial charge in [-0.25, -0.2) is 0 Å². The molecule has 2 atom stereocenters. The second-order valence-electron chi connectivity index (χ2n) is 4.31. The number of piperidine rings is 1. The molecule has 2 unspecified atom stereocenters. The Labute approximate surface area is 91.2 Å². The van der Waals surface area contributed by atoms with Crippen LogP contribution in [-0.4, -0.2) is 48.8 Å². The van der Waals surface area contributed by atoms with Crippen LogP contribution in [0, 0.1) is 5.92 Å². The van der Waals surface area contributed by atoms with Crippen molar-refractivity contribution in [2.24, 2.45) is 5.92 Å². The Morgan fingerprint density at radius 2 is 2.00 bits per heavy atom. The number of carboxylic acids is 1. The first-order valence-corrected chi connectivity index (χ1v) is 5.62. The molecule has 4 heteroatoms. The number of carbonyl (C=O) groups is 1. The molecule has 0 spiro atoms. The summed E-state index contributed by atoms with van der Waals surface area (Å²) >= 11 is 0. The minimum atomic E-state index is -0.721. The van der Waals surface area contributed by atoms with E-state index in [-0.39, 0.29) is 12.0 Å². The van der Waals surface area contributed by atoms with E-state index in [4.69, 9.17) is 4.74 Å². The van der Waals surface area contributed by atoms with E-state index in [0.29, 0.717) is 6.61 Å². The summed E-state index contributed by atoms with van der Waals surface area (Å²) in [5, 5.41) is 9.23. The smallest absolute Gasteiger partial charge is 0.321 e. The summed E-state index contributed by atoms with van der Waals surface area (Å²) in [5.74, 6) is -0.674. The number of rotatable bonds is 5. The zero-order valence-electron chi connectivity index (χ0n) is 9.61. The quantitative estimate of drug-likeness (QED) is 0.749. The summed E-state index contributed by atoms with van der Waals surface area (Å²) in [7, 11) is 1.62. The number of carboxylic acid groups (broad SMARTS) is 1. The Kier molecular flexibility index (Phi) is 5.05. The van der Waals surface area contributed by atoms with Gasteiger partial charge in [0.25, 0.3) is 0 Å². The predicted molar refractivity (Wildman–Crippen MR) is 57.9 cm³/mol. The van der Waals surface area contributed by atoms with E-state index < -0.39 is 5.97 Å². The molecule has 0 amide bonds. The zero-order valence-corrected chi connectivity index (χ0v) is 9.61. The summed E-state index contributed by atoms with van der Waals surface area (Å²) in [4.78, 5) is 13.3. The Hall–Kier alpha value is -0.610. The third kappa shape index (κ3) is 3.47. The highest BCUT2D eigenvalue weighted by molar-refractivity contribution is 5.73. The molecule has 88 valence electrons. The fourth-order valence-electron chi connectivity index (χ4n) is 2.31. The van der Waals surface area contributed by atoms with Gasteiger partial charge in [-0.1, -0.05) is 13.3 Å². The molecular weight excluding hydrogens is 194 g/mol. The Morgan fingerprint density at radius 3 is 2.47 bits per heavy atom. The van der Waals surface area contributed by atoms with Crippen LogP contribution in [0.15, 0.2) is 0 Å². The fourth-order valence-corrected chi connectivity index (χ4v) is 2.31. The number of methoxy groups -OCH3 is 1. The molecule has 1 rings (SSSR count). The molecule has 0 aromatic carbocycles. The fraction of sp³-hybridized carbons (Fsp3) is 0.909. The largest absolute Gasteiger partial charge is 0.480 e.